The molecule has 0 amide bonds. The fourth-order valence-corrected chi connectivity index (χ4v) is 2.37. The second-order valence-electron chi connectivity index (χ2n) is 6.90. The minimum absolute atomic E-state index is 0.324. The van der Waals surface area contributed by atoms with E-state index in [4.69, 9.17) is 0 Å². The predicted octanol–water partition coefficient (Wildman–Crippen LogP) is 4.21. The Kier molecular flexibility index (Phi) is 4.84. The Hall–Kier alpha value is -1.61. The molecule has 3 nitrogen and oxygen atoms in total. The molecule has 114 valence electrons. The monoisotopic (exact) mass is 285 g/mol. The van der Waals surface area contributed by atoms with Crippen molar-refractivity contribution in [3.05, 3.63) is 48.3 Å². The Balaban J connectivity index is 2.15. The Labute approximate surface area is 128 Å². The predicted molar refractivity (Wildman–Crippen MR) is 88.6 cm³/mol. The molecule has 0 aliphatic heterocycles. The minimum atomic E-state index is 0.324. The van der Waals surface area contributed by atoms with Gasteiger partial charge in [0.1, 0.15) is 0 Å². The van der Waals surface area contributed by atoms with Gasteiger partial charge in [-0.2, -0.15) is 5.10 Å². The molecule has 0 saturated heterocycles. The molecule has 0 saturated carbocycles. The van der Waals surface area contributed by atoms with Crippen LogP contribution in [0.5, 0.6) is 0 Å². The van der Waals surface area contributed by atoms with Crippen LogP contribution in [0.1, 0.15) is 45.7 Å². The van der Waals surface area contributed by atoms with E-state index in [1.165, 1.54) is 5.56 Å². The van der Waals surface area contributed by atoms with E-state index < -0.39 is 0 Å². The maximum Gasteiger partial charge on any atom is 0.0645 e. The smallest absolute Gasteiger partial charge is 0.0645 e. The number of nitrogens with zero attached hydrogens (tertiary/aromatic N) is 2. The highest BCUT2D eigenvalue weighted by molar-refractivity contribution is 5.31. The van der Waals surface area contributed by atoms with E-state index in [0.717, 1.165) is 12.1 Å². The highest BCUT2D eigenvalue weighted by Crippen LogP contribution is 2.33. The van der Waals surface area contributed by atoms with E-state index in [2.05, 4.69) is 56.4 Å². The average Bonchev–Trinajstić information content (AvgIpc) is 2.94. The first-order valence-electron chi connectivity index (χ1n) is 7.69. The molecule has 2 unspecified atom stereocenters. The van der Waals surface area contributed by atoms with E-state index in [-0.39, 0.29) is 0 Å². The van der Waals surface area contributed by atoms with Crippen molar-refractivity contribution in [3.8, 4) is 5.69 Å². The van der Waals surface area contributed by atoms with Gasteiger partial charge in [-0.15, -0.1) is 0 Å². The molecule has 1 aromatic heterocycles. The summed E-state index contributed by atoms with van der Waals surface area (Å²) in [6.45, 7) is 9.24. The van der Waals surface area contributed by atoms with Gasteiger partial charge in [0.2, 0.25) is 0 Å². The lowest BCUT2D eigenvalue weighted by Crippen LogP contribution is -2.25. The zero-order valence-electron chi connectivity index (χ0n) is 13.8. The molecular formula is C18H27N3. The summed E-state index contributed by atoms with van der Waals surface area (Å²) >= 11 is 0. The summed E-state index contributed by atoms with van der Waals surface area (Å²) in [6.07, 6.45) is 5.22. The fraction of sp³-hybridized carbons (Fsp3) is 0.500. The van der Waals surface area contributed by atoms with Crippen molar-refractivity contribution in [2.24, 2.45) is 11.3 Å². The van der Waals surface area contributed by atoms with Crippen molar-refractivity contribution < 1.29 is 0 Å². The van der Waals surface area contributed by atoms with E-state index in [1.54, 1.807) is 0 Å². The van der Waals surface area contributed by atoms with E-state index in [1.807, 2.05) is 36.1 Å². The Morgan fingerprint density at radius 3 is 2.43 bits per heavy atom. The molecule has 2 atom stereocenters. The lowest BCUT2D eigenvalue weighted by Gasteiger charge is -2.30. The summed E-state index contributed by atoms with van der Waals surface area (Å²) in [4.78, 5) is 0. The highest BCUT2D eigenvalue weighted by Gasteiger charge is 2.24. The first-order chi connectivity index (χ1) is 9.91. The summed E-state index contributed by atoms with van der Waals surface area (Å²) < 4.78 is 1.95. The van der Waals surface area contributed by atoms with E-state index in [9.17, 15) is 0 Å². The molecule has 1 aromatic carbocycles. The van der Waals surface area contributed by atoms with Crippen LogP contribution in [0.25, 0.3) is 5.69 Å². The zero-order chi connectivity index (χ0) is 15.5. The second-order valence-corrected chi connectivity index (χ2v) is 6.90. The van der Waals surface area contributed by atoms with Crippen LogP contribution in [0.15, 0.2) is 42.7 Å². The maximum atomic E-state index is 4.50. The number of rotatable bonds is 5. The molecule has 2 rings (SSSR count). The van der Waals surface area contributed by atoms with Gasteiger partial charge in [-0.1, -0.05) is 45.9 Å². The molecule has 0 bridgehead atoms. The highest BCUT2D eigenvalue weighted by atomic mass is 15.3. The summed E-state index contributed by atoms with van der Waals surface area (Å²) in [6, 6.07) is 10.6. The van der Waals surface area contributed by atoms with Gasteiger partial charge in [-0.3, -0.25) is 0 Å². The number of benzene rings is 1. The Morgan fingerprint density at radius 1 is 1.19 bits per heavy atom. The van der Waals surface area contributed by atoms with Crippen molar-refractivity contribution in [3.63, 3.8) is 0 Å². The normalized spacial score (nSPS) is 14.9. The lowest BCUT2D eigenvalue weighted by molar-refractivity contribution is 0.226. The van der Waals surface area contributed by atoms with Crippen LogP contribution in [0.2, 0.25) is 0 Å². The zero-order valence-corrected chi connectivity index (χ0v) is 13.8. The molecule has 1 heterocycles. The largest absolute Gasteiger partial charge is 0.313 e. The molecule has 0 fully saturated rings. The average molecular weight is 285 g/mol. The number of hydrogen-bond acceptors (Lipinski definition) is 2. The van der Waals surface area contributed by atoms with Crippen LogP contribution >= 0.6 is 0 Å². The Morgan fingerprint density at radius 2 is 1.86 bits per heavy atom. The summed E-state index contributed by atoms with van der Waals surface area (Å²) in [5.41, 5.74) is 2.67. The van der Waals surface area contributed by atoms with Gasteiger partial charge in [0.25, 0.3) is 0 Å². The van der Waals surface area contributed by atoms with Crippen LogP contribution in [0.3, 0.4) is 0 Å². The SMILES string of the molecule is CNC(CC(C)C(C)(C)C)c1cnn(-c2ccccc2)c1. The number of nitrogens with one attached hydrogen (secondary N) is 1. The summed E-state index contributed by atoms with van der Waals surface area (Å²) in [7, 11) is 2.03. The molecule has 0 aliphatic rings. The van der Waals surface area contributed by atoms with E-state index in [0.29, 0.717) is 17.4 Å². The van der Waals surface area contributed by atoms with Crippen LogP contribution in [-0.2, 0) is 0 Å². The molecule has 3 heteroatoms. The van der Waals surface area contributed by atoms with Gasteiger partial charge < -0.3 is 5.32 Å². The number of hydrogen-bond donors (Lipinski definition) is 1. The van der Waals surface area contributed by atoms with Gasteiger partial charge >= 0.3 is 0 Å². The molecule has 0 radical (unpaired) electrons. The minimum Gasteiger partial charge on any atom is -0.313 e. The third kappa shape index (κ3) is 3.94. The van der Waals surface area contributed by atoms with Gasteiger partial charge in [-0.05, 0) is 36.9 Å². The molecule has 0 spiro atoms. The molecule has 2 aromatic rings. The molecule has 1 N–H and O–H groups in total. The van der Waals surface area contributed by atoms with Crippen molar-refractivity contribution in [2.75, 3.05) is 7.05 Å². The molecule has 0 aliphatic carbocycles. The van der Waals surface area contributed by atoms with Crippen LogP contribution in [-0.4, -0.2) is 16.8 Å². The number of aromatic nitrogens is 2. The summed E-state index contributed by atoms with van der Waals surface area (Å²) in [5, 5.41) is 7.93. The van der Waals surface area contributed by atoms with Gasteiger partial charge in [-0.25, -0.2) is 4.68 Å². The Bertz CT molecular complexity index is 551. The number of para-hydroxylation sites is 1. The quantitative estimate of drug-likeness (QED) is 0.892. The van der Waals surface area contributed by atoms with Gasteiger partial charge in [0.15, 0.2) is 0 Å². The van der Waals surface area contributed by atoms with Gasteiger partial charge in [0, 0.05) is 17.8 Å². The third-order valence-electron chi connectivity index (χ3n) is 4.44. The van der Waals surface area contributed by atoms with Crippen molar-refractivity contribution >= 4 is 0 Å². The topological polar surface area (TPSA) is 29.9 Å². The molecule has 21 heavy (non-hydrogen) atoms. The second kappa shape index (κ2) is 6.44. The van der Waals surface area contributed by atoms with Crippen LogP contribution in [0, 0.1) is 11.3 Å². The maximum absolute atomic E-state index is 4.50. The third-order valence-corrected chi connectivity index (χ3v) is 4.44. The van der Waals surface area contributed by atoms with Gasteiger partial charge in [0.05, 0.1) is 11.9 Å². The lowest BCUT2D eigenvalue weighted by atomic mass is 9.78. The fourth-order valence-electron chi connectivity index (χ4n) is 2.37. The van der Waals surface area contributed by atoms with Crippen LogP contribution in [0.4, 0.5) is 0 Å². The molecular weight excluding hydrogens is 258 g/mol. The summed E-state index contributed by atoms with van der Waals surface area (Å²) in [5.74, 6) is 0.634. The first kappa shape index (κ1) is 15.8. The van der Waals surface area contributed by atoms with Crippen molar-refractivity contribution in [1.29, 1.82) is 0 Å². The van der Waals surface area contributed by atoms with E-state index >= 15 is 0 Å². The van der Waals surface area contributed by atoms with Crippen molar-refractivity contribution in [2.45, 2.75) is 40.2 Å². The first-order valence-corrected chi connectivity index (χ1v) is 7.69. The standard InChI is InChI=1S/C18H27N3/c1-14(18(2,3)4)11-17(19-5)15-12-20-21(13-15)16-9-7-6-8-10-16/h6-10,12-14,17,19H,11H2,1-5H3. The van der Waals surface area contributed by atoms with Crippen molar-refractivity contribution in [1.82, 2.24) is 15.1 Å². The van der Waals surface area contributed by atoms with Crippen LogP contribution < -0.4 is 5.32 Å².